The third-order valence-corrected chi connectivity index (χ3v) is 3.74. The molecule has 2 aliphatic rings. The Morgan fingerprint density at radius 3 is 2.76 bits per heavy atom. The van der Waals surface area contributed by atoms with Crippen molar-refractivity contribution in [3.8, 4) is 11.5 Å². The molecule has 1 N–H and O–H groups in total. The summed E-state index contributed by atoms with van der Waals surface area (Å²) in [6.45, 7) is 0.201. The molecule has 1 aromatic rings. The van der Waals surface area contributed by atoms with Crippen LogP contribution in [0.25, 0.3) is 0 Å². The quantitative estimate of drug-likeness (QED) is 0.900. The molecule has 112 valence electrons. The Morgan fingerprint density at radius 2 is 2.10 bits per heavy atom. The minimum atomic E-state index is -1.03. The average molecular weight is 312 g/mol. The van der Waals surface area contributed by atoms with Crippen LogP contribution in [0.15, 0.2) is 12.1 Å². The highest BCUT2D eigenvalue weighted by molar-refractivity contribution is 6.32. The molecule has 6 nitrogen and oxygen atoms in total. The summed E-state index contributed by atoms with van der Waals surface area (Å²) in [5.41, 5.74) is 0.311. The molecule has 1 saturated carbocycles. The molecule has 0 spiro atoms. The van der Waals surface area contributed by atoms with Crippen molar-refractivity contribution in [3.05, 3.63) is 22.7 Å². The number of halogens is 1. The van der Waals surface area contributed by atoms with Crippen LogP contribution in [0, 0.1) is 5.92 Å². The summed E-state index contributed by atoms with van der Waals surface area (Å²) >= 11 is 6.06. The molecule has 0 saturated heterocycles. The Labute approximate surface area is 126 Å². The van der Waals surface area contributed by atoms with E-state index in [9.17, 15) is 9.59 Å². The monoisotopic (exact) mass is 311 g/mol. The zero-order valence-electron chi connectivity index (χ0n) is 11.2. The predicted molar refractivity (Wildman–Crippen MR) is 73.8 cm³/mol. The number of hydrogen-bond acceptors (Lipinski definition) is 4. The Kier molecular flexibility index (Phi) is 3.63. The van der Waals surface area contributed by atoms with Gasteiger partial charge in [0.05, 0.1) is 5.02 Å². The fraction of sp³-hybridized carbons (Fsp3) is 0.429. The minimum absolute atomic E-state index is 0.0631. The molecule has 1 heterocycles. The normalized spacial score (nSPS) is 15.9. The molecule has 0 radical (unpaired) electrons. The molecule has 7 heteroatoms. The average Bonchev–Trinajstić information content (AvgIpc) is 3.11. The fourth-order valence-corrected chi connectivity index (χ4v) is 2.53. The van der Waals surface area contributed by atoms with E-state index < -0.39 is 5.97 Å². The molecule has 1 aliphatic heterocycles. The number of aliphatic carboxylic acids is 1. The second-order valence-electron chi connectivity index (χ2n) is 5.21. The molecule has 3 rings (SSSR count). The zero-order chi connectivity index (χ0) is 15.0. The van der Waals surface area contributed by atoms with Crippen molar-refractivity contribution in [3.63, 3.8) is 0 Å². The molecular weight excluding hydrogens is 298 g/mol. The Hall–Kier alpha value is -1.95. The van der Waals surface area contributed by atoms with Gasteiger partial charge in [0.25, 0.3) is 5.91 Å². The van der Waals surface area contributed by atoms with Crippen molar-refractivity contribution in [1.29, 1.82) is 0 Å². The van der Waals surface area contributed by atoms with E-state index in [0.29, 0.717) is 29.5 Å². The zero-order valence-corrected chi connectivity index (χ0v) is 11.9. The second-order valence-corrected chi connectivity index (χ2v) is 5.62. The van der Waals surface area contributed by atoms with Gasteiger partial charge in [-0.2, -0.15) is 0 Å². The molecule has 1 amide bonds. The second kappa shape index (κ2) is 5.44. The lowest BCUT2D eigenvalue weighted by Crippen LogP contribution is -2.37. The Bertz CT molecular complexity index is 599. The van der Waals surface area contributed by atoms with Crippen LogP contribution >= 0.6 is 11.6 Å². The summed E-state index contributed by atoms with van der Waals surface area (Å²) in [6, 6.07) is 3.03. The molecule has 1 aromatic carbocycles. The van der Waals surface area contributed by atoms with E-state index in [4.69, 9.17) is 26.2 Å². The maximum absolute atomic E-state index is 12.5. The van der Waals surface area contributed by atoms with Gasteiger partial charge >= 0.3 is 5.97 Å². The van der Waals surface area contributed by atoms with E-state index in [2.05, 4.69) is 0 Å². The molecule has 0 bridgehead atoms. The van der Waals surface area contributed by atoms with Crippen LogP contribution in [0.4, 0.5) is 0 Å². The lowest BCUT2D eigenvalue weighted by atomic mass is 10.1. The van der Waals surface area contributed by atoms with Gasteiger partial charge < -0.3 is 19.5 Å². The standard InChI is InChI=1S/C14H14ClNO5/c15-10-3-9(4-11-13(10)21-7-20-11)14(19)16(6-12(17)18)5-8-1-2-8/h3-4,8H,1-2,5-7H2,(H,17,18). The van der Waals surface area contributed by atoms with E-state index in [1.165, 1.54) is 17.0 Å². The van der Waals surface area contributed by atoms with Crippen LogP contribution < -0.4 is 9.47 Å². The van der Waals surface area contributed by atoms with Gasteiger partial charge in [-0.25, -0.2) is 0 Å². The maximum atomic E-state index is 12.5. The topological polar surface area (TPSA) is 76.1 Å². The first-order valence-corrected chi connectivity index (χ1v) is 7.02. The van der Waals surface area contributed by atoms with E-state index >= 15 is 0 Å². The molecule has 0 aromatic heterocycles. The predicted octanol–water partition coefficient (Wildman–Crippen LogP) is 2.01. The first-order chi connectivity index (χ1) is 10.0. The van der Waals surface area contributed by atoms with E-state index in [0.717, 1.165) is 12.8 Å². The van der Waals surface area contributed by atoms with E-state index in [1.807, 2.05) is 0 Å². The highest BCUT2D eigenvalue weighted by Gasteiger charge is 2.30. The fourth-order valence-electron chi connectivity index (χ4n) is 2.27. The van der Waals surface area contributed by atoms with Crippen molar-refractivity contribution in [2.45, 2.75) is 12.8 Å². The van der Waals surface area contributed by atoms with Gasteiger partial charge in [0.1, 0.15) is 6.54 Å². The largest absolute Gasteiger partial charge is 0.480 e. The summed E-state index contributed by atoms with van der Waals surface area (Å²) in [7, 11) is 0. The van der Waals surface area contributed by atoms with Crippen LogP contribution in [-0.2, 0) is 4.79 Å². The van der Waals surface area contributed by atoms with Gasteiger partial charge in [-0.05, 0) is 30.9 Å². The number of carbonyl (C=O) groups excluding carboxylic acids is 1. The number of fused-ring (bicyclic) bond motifs is 1. The van der Waals surface area contributed by atoms with Gasteiger partial charge in [0.2, 0.25) is 6.79 Å². The smallest absolute Gasteiger partial charge is 0.323 e. The first kappa shape index (κ1) is 14.0. The van der Waals surface area contributed by atoms with Crippen LogP contribution in [0.3, 0.4) is 0 Å². The van der Waals surface area contributed by atoms with Crippen molar-refractivity contribution in [1.82, 2.24) is 4.90 Å². The Balaban J connectivity index is 1.84. The van der Waals surface area contributed by atoms with Crippen LogP contribution in [0.2, 0.25) is 5.02 Å². The number of benzene rings is 1. The summed E-state index contributed by atoms with van der Waals surface area (Å²) in [6.07, 6.45) is 2.07. The van der Waals surface area contributed by atoms with Gasteiger partial charge in [-0.15, -0.1) is 0 Å². The number of ether oxygens (including phenoxy) is 2. The SMILES string of the molecule is O=C(O)CN(CC1CC1)C(=O)c1cc(Cl)c2c(c1)OCO2. The molecule has 0 atom stereocenters. The molecular formula is C14H14ClNO5. The number of nitrogens with zero attached hydrogens (tertiary/aromatic N) is 1. The molecule has 1 aliphatic carbocycles. The first-order valence-electron chi connectivity index (χ1n) is 6.65. The number of carboxylic acid groups (broad SMARTS) is 1. The summed E-state index contributed by atoms with van der Waals surface area (Å²) in [4.78, 5) is 24.8. The summed E-state index contributed by atoms with van der Waals surface area (Å²) in [5.74, 6) is -0.161. The third kappa shape index (κ3) is 3.05. The van der Waals surface area contributed by atoms with Crippen molar-refractivity contribution in [2.24, 2.45) is 5.92 Å². The minimum Gasteiger partial charge on any atom is -0.480 e. The van der Waals surface area contributed by atoms with Crippen molar-refractivity contribution in [2.75, 3.05) is 19.9 Å². The van der Waals surface area contributed by atoms with E-state index in [-0.39, 0.29) is 24.3 Å². The van der Waals surface area contributed by atoms with Gasteiger partial charge in [-0.1, -0.05) is 11.6 Å². The number of carboxylic acids is 1. The lowest BCUT2D eigenvalue weighted by molar-refractivity contribution is -0.137. The number of amides is 1. The molecule has 1 fully saturated rings. The van der Waals surface area contributed by atoms with Crippen molar-refractivity contribution < 1.29 is 24.2 Å². The number of hydrogen-bond donors (Lipinski definition) is 1. The highest BCUT2D eigenvalue weighted by atomic mass is 35.5. The lowest BCUT2D eigenvalue weighted by Gasteiger charge is -2.20. The number of carbonyl (C=O) groups is 2. The van der Waals surface area contributed by atoms with Gasteiger partial charge in [0, 0.05) is 12.1 Å². The van der Waals surface area contributed by atoms with Crippen LogP contribution in [0.5, 0.6) is 11.5 Å². The van der Waals surface area contributed by atoms with Crippen LogP contribution in [-0.4, -0.2) is 41.8 Å². The maximum Gasteiger partial charge on any atom is 0.323 e. The summed E-state index contributed by atoms with van der Waals surface area (Å²) in [5, 5.41) is 9.24. The van der Waals surface area contributed by atoms with Gasteiger partial charge in [-0.3, -0.25) is 9.59 Å². The highest BCUT2D eigenvalue weighted by Crippen LogP contribution is 2.40. The van der Waals surface area contributed by atoms with Crippen molar-refractivity contribution >= 4 is 23.5 Å². The number of rotatable bonds is 5. The molecule has 21 heavy (non-hydrogen) atoms. The van der Waals surface area contributed by atoms with Crippen LogP contribution in [0.1, 0.15) is 23.2 Å². The van der Waals surface area contributed by atoms with Gasteiger partial charge in [0.15, 0.2) is 11.5 Å². The molecule has 0 unspecified atom stereocenters. The Morgan fingerprint density at radius 1 is 1.33 bits per heavy atom. The van der Waals surface area contributed by atoms with E-state index in [1.54, 1.807) is 0 Å². The summed E-state index contributed by atoms with van der Waals surface area (Å²) < 4.78 is 10.4. The third-order valence-electron chi connectivity index (χ3n) is 3.46.